The van der Waals surface area contributed by atoms with E-state index >= 15 is 0 Å². The minimum atomic E-state index is -0.0676. The van der Waals surface area contributed by atoms with Gasteiger partial charge in [0.2, 0.25) is 0 Å². The SMILES string of the molecule is CCCN1CCN(CCCNC(=O)c2cccc(-n3nnc4cccnc43)c2)CC1. The molecule has 0 spiro atoms. The van der Waals surface area contributed by atoms with Crippen molar-refractivity contribution in [1.82, 2.24) is 35.1 Å². The second kappa shape index (κ2) is 9.77. The molecule has 3 heterocycles. The predicted octanol–water partition coefficient (Wildman–Crippen LogP) is 1.96. The Bertz CT molecular complexity index is 978. The molecule has 1 amide bonds. The Labute approximate surface area is 176 Å². The molecular formula is C22H29N7O. The number of carbonyl (C=O) groups excluding carboxylic acids is 1. The van der Waals surface area contributed by atoms with Crippen LogP contribution in [-0.4, -0.2) is 81.5 Å². The van der Waals surface area contributed by atoms with E-state index < -0.39 is 0 Å². The first-order valence-electron chi connectivity index (χ1n) is 10.7. The van der Waals surface area contributed by atoms with Gasteiger partial charge in [-0.3, -0.25) is 4.79 Å². The molecule has 4 rings (SSSR count). The lowest BCUT2D eigenvalue weighted by molar-refractivity contribution is 0.0948. The van der Waals surface area contributed by atoms with Crippen LogP contribution >= 0.6 is 0 Å². The van der Waals surface area contributed by atoms with Crippen molar-refractivity contribution < 1.29 is 4.79 Å². The summed E-state index contributed by atoms with van der Waals surface area (Å²) in [6.45, 7) is 9.67. The summed E-state index contributed by atoms with van der Waals surface area (Å²) < 4.78 is 1.66. The van der Waals surface area contributed by atoms with E-state index in [1.54, 1.807) is 10.9 Å². The molecule has 0 bridgehead atoms. The van der Waals surface area contributed by atoms with E-state index in [2.05, 4.69) is 37.3 Å². The van der Waals surface area contributed by atoms with Gasteiger partial charge in [0.25, 0.3) is 5.91 Å². The van der Waals surface area contributed by atoms with Crippen molar-refractivity contribution in [2.75, 3.05) is 45.8 Å². The molecule has 3 aromatic rings. The normalized spacial score (nSPS) is 15.5. The molecule has 1 aromatic carbocycles. The van der Waals surface area contributed by atoms with E-state index in [4.69, 9.17) is 0 Å². The molecule has 1 fully saturated rings. The Balaban J connectivity index is 1.28. The zero-order chi connectivity index (χ0) is 20.8. The van der Waals surface area contributed by atoms with E-state index in [0.717, 1.165) is 50.3 Å². The van der Waals surface area contributed by atoms with Crippen LogP contribution in [0, 0.1) is 0 Å². The van der Waals surface area contributed by atoms with Gasteiger partial charge in [0.1, 0.15) is 5.52 Å². The maximum absolute atomic E-state index is 12.6. The van der Waals surface area contributed by atoms with Crippen LogP contribution in [0.3, 0.4) is 0 Å². The van der Waals surface area contributed by atoms with E-state index in [1.165, 1.54) is 13.0 Å². The molecule has 0 atom stereocenters. The largest absolute Gasteiger partial charge is 0.352 e. The molecular weight excluding hydrogens is 378 g/mol. The second-order valence-corrected chi connectivity index (χ2v) is 7.69. The van der Waals surface area contributed by atoms with Gasteiger partial charge in [-0.15, -0.1) is 5.10 Å². The molecule has 8 nitrogen and oxygen atoms in total. The van der Waals surface area contributed by atoms with Crippen LogP contribution < -0.4 is 5.32 Å². The summed E-state index contributed by atoms with van der Waals surface area (Å²) in [5, 5.41) is 11.3. The lowest BCUT2D eigenvalue weighted by atomic mass is 10.2. The summed E-state index contributed by atoms with van der Waals surface area (Å²) in [4.78, 5) is 22.0. The van der Waals surface area contributed by atoms with Gasteiger partial charge in [-0.1, -0.05) is 18.2 Å². The highest BCUT2D eigenvalue weighted by atomic mass is 16.1. The average molecular weight is 408 g/mol. The van der Waals surface area contributed by atoms with Crippen molar-refractivity contribution in [2.24, 2.45) is 0 Å². The van der Waals surface area contributed by atoms with Crippen LogP contribution in [0.5, 0.6) is 0 Å². The van der Waals surface area contributed by atoms with Gasteiger partial charge in [-0.05, 0) is 56.3 Å². The molecule has 2 aromatic heterocycles. The highest BCUT2D eigenvalue weighted by Crippen LogP contribution is 2.15. The van der Waals surface area contributed by atoms with Gasteiger partial charge in [0, 0.05) is 44.5 Å². The third kappa shape index (κ3) is 4.83. The van der Waals surface area contributed by atoms with Gasteiger partial charge in [0.05, 0.1) is 5.69 Å². The number of piperazine rings is 1. The molecule has 8 heteroatoms. The molecule has 1 aliphatic rings. The number of benzene rings is 1. The molecule has 30 heavy (non-hydrogen) atoms. The Morgan fingerprint density at radius 3 is 2.67 bits per heavy atom. The van der Waals surface area contributed by atoms with Crippen molar-refractivity contribution in [1.29, 1.82) is 0 Å². The van der Waals surface area contributed by atoms with E-state index in [0.29, 0.717) is 17.8 Å². The zero-order valence-electron chi connectivity index (χ0n) is 17.5. The number of pyridine rings is 1. The average Bonchev–Trinajstić information content (AvgIpc) is 3.22. The van der Waals surface area contributed by atoms with E-state index in [9.17, 15) is 4.79 Å². The topological polar surface area (TPSA) is 79.2 Å². The summed E-state index contributed by atoms with van der Waals surface area (Å²) in [7, 11) is 0. The first-order chi connectivity index (χ1) is 14.7. The number of hydrogen-bond donors (Lipinski definition) is 1. The van der Waals surface area contributed by atoms with Crippen molar-refractivity contribution in [3.8, 4) is 5.69 Å². The second-order valence-electron chi connectivity index (χ2n) is 7.69. The van der Waals surface area contributed by atoms with Crippen molar-refractivity contribution in [2.45, 2.75) is 19.8 Å². The highest BCUT2D eigenvalue weighted by Gasteiger charge is 2.15. The number of nitrogens with one attached hydrogen (secondary N) is 1. The number of fused-ring (bicyclic) bond motifs is 1. The Hall–Kier alpha value is -2.84. The minimum Gasteiger partial charge on any atom is -0.352 e. The van der Waals surface area contributed by atoms with Gasteiger partial charge in [-0.2, -0.15) is 4.68 Å². The number of amides is 1. The van der Waals surface area contributed by atoms with Crippen LogP contribution in [0.4, 0.5) is 0 Å². The van der Waals surface area contributed by atoms with E-state index in [1.807, 2.05) is 36.4 Å². The standard InChI is InChI=1S/C22H29N7O/c1-2-11-27-13-15-28(16-14-27)12-5-10-24-22(30)18-6-3-7-19(17-18)29-21-20(25-26-29)8-4-9-23-21/h3-4,6-9,17H,2,5,10-16H2,1H3,(H,24,30). The van der Waals surface area contributed by atoms with Crippen LogP contribution in [0.15, 0.2) is 42.6 Å². The monoisotopic (exact) mass is 407 g/mol. The molecule has 0 aliphatic carbocycles. The van der Waals surface area contributed by atoms with Crippen LogP contribution in [0.25, 0.3) is 16.9 Å². The number of rotatable bonds is 8. The minimum absolute atomic E-state index is 0.0676. The zero-order valence-corrected chi connectivity index (χ0v) is 17.5. The maximum atomic E-state index is 12.6. The third-order valence-electron chi connectivity index (χ3n) is 5.50. The molecule has 0 radical (unpaired) electrons. The number of nitrogens with zero attached hydrogens (tertiary/aromatic N) is 6. The number of hydrogen-bond acceptors (Lipinski definition) is 6. The lowest BCUT2D eigenvalue weighted by Gasteiger charge is -2.34. The van der Waals surface area contributed by atoms with Gasteiger partial charge in [0.15, 0.2) is 5.65 Å². The Morgan fingerprint density at radius 1 is 1.07 bits per heavy atom. The molecule has 1 N–H and O–H groups in total. The summed E-state index contributed by atoms with van der Waals surface area (Å²) >= 11 is 0. The summed E-state index contributed by atoms with van der Waals surface area (Å²) in [5.74, 6) is -0.0676. The smallest absolute Gasteiger partial charge is 0.251 e. The molecule has 1 saturated heterocycles. The van der Waals surface area contributed by atoms with Crippen LogP contribution in [0.2, 0.25) is 0 Å². The van der Waals surface area contributed by atoms with Gasteiger partial charge in [-0.25, -0.2) is 4.98 Å². The predicted molar refractivity (Wildman–Crippen MR) is 117 cm³/mol. The first kappa shape index (κ1) is 20.4. The quantitative estimate of drug-likeness (QED) is 0.575. The summed E-state index contributed by atoms with van der Waals surface area (Å²) in [5.41, 5.74) is 2.78. The van der Waals surface area contributed by atoms with Crippen molar-refractivity contribution >= 4 is 17.1 Å². The molecule has 158 valence electrons. The fourth-order valence-electron chi connectivity index (χ4n) is 3.88. The van der Waals surface area contributed by atoms with E-state index in [-0.39, 0.29) is 5.91 Å². The molecule has 0 unspecified atom stereocenters. The summed E-state index contributed by atoms with van der Waals surface area (Å²) in [6.07, 6.45) is 3.89. The van der Waals surface area contributed by atoms with Crippen molar-refractivity contribution in [3.05, 3.63) is 48.2 Å². The lowest BCUT2D eigenvalue weighted by Crippen LogP contribution is -2.47. The molecule has 1 aliphatic heterocycles. The highest BCUT2D eigenvalue weighted by molar-refractivity contribution is 5.94. The van der Waals surface area contributed by atoms with Gasteiger partial charge < -0.3 is 15.1 Å². The van der Waals surface area contributed by atoms with Crippen LogP contribution in [-0.2, 0) is 0 Å². The molecule has 0 saturated carbocycles. The summed E-state index contributed by atoms with van der Waals surface area (Å²) in [6, 6.07) is 11.1. The number of carbonyl (C=O) groups is 1. The third-order valence-corrected chi connectivity index (χ3v) is 5.50. The van der Waals surface area contributed by atoms with Crippen molar-refractivity contribution in [3.63, 3.8) is 0 Å². The Morgan fingerprint density at radius 2 is 1.87 bits per heavy atom. The first-order valence-corrected chi connectivity index (χ1v) is 10.7. The fourth-order valence-corrected chi connectivity index (χ4v) is 3.88. The van der Waals surface area contributed by atoms with Gasteiger partial charge >= 0.3 is 0 Å². The fraction of sp³-hybridized carbons (Fsp3) is 0.455. The Kier molecular flexibility index (Phi) is 6.66. The number of aromatic nitrogens is 4. The maximum Gasteiger partial charge on any atom is 0.251 e. The van der Waals surface area contributed by atoms with Crippen LogP contribution in [0.1, 0.15) is 30.1 Å².